The van der Waals surface area contributed by atoms with Crippen LogP contribution in [0.3, 0.4) is 0 Å². The van der Waals surface area contributed by atoms with Crippen molar-refractivity contribution in [1.82, 2.24) is 9.80 Å². The first-order chi connectivity index (χ1) is 12.7. The highest BCUT2D eigenvalue weighted by atomic mass is 16.2. The Hall–Kier alpha value is -2.13. The lowest BCUT2D eigenvalue weighted by molar-refractivity contribution is -0.131. The summed E-state index contributed by atoms with van der Waals surface area (Å²) in [6.07, 6.45) is 3.77. The average Bonchev–Trinajstić information content (AvgIpc) is 2.97. The molecule has 3 heteroatoms. The first kappa shape index (κ1) is 17.3. The van der Waals surface area contributed by atoms with Crippen molar-refractivity contribution in [2.24, 2.45) is 0 Å². The van der Waals surface area contributed by atoms with Crippen LogP contribution in [0.4, 0.5) is 0 Å². The zero-order valence-electron chi connectivity index (χ0n) is 15.7. The van der Waals surface area contributed by atoms with E-state index in [1.165, 1.54) is 22.3 Å². The van der Waals surface area contributed by atoms with Gasteiger partial charge < -0.3 is 9.80 Å². The molecule has 136 valence electrons. The topological polar surface area (TPSA) is 23.6 Å². The molecule has 1 amide bonds. The van der Waals surface area contributed by atoms with E-state index >= 15 is 0 Å². The molecular formula is C23H28N2O. The SMILES string of the molecule is CN1CCCN(C(=O)CC2c3ccccc3CCc3ccccc32)CC1. The van der Waals surface area contributed by atoms with Crippen LogP contribution in [0.1, 0.15) is 41.0 Å². The van der Waals surface area contributed by atoms with Crippen LogP contribution in [0.25, 0.3) is 0 Å². The first-order valence-electron chi connectivity index (χ1n) is 9.84. The molecule has 2 aliphatic rings. The number of aryl methyl sites for hydroxylation is 2. The first-order valence-corrected chi connectivity index (χ1v) is 9.84. The summed E-state index contributed by atoms with van der Waals surface area (Å²) in [5.41, 5.74) is 5.49. The van der Waals surface area contributed by atoms with Crippen molar-refractivity contribution in [3.63, 3.8) is 0 Å². The Bertz CT molecular complexity index is 738. The van der Waals surface area contributed by atoms with Crippen LogP contribution in [0.2, 0.25) is 0 Å². The van der Waals surface area contributed by atoms with E-state index in [1.54, 1.807) is 0 Å². The van der Waals surface area contributed by atoms with Gasteiger partial charge in [0, 0.05) is 32.0 Å². The molecule has 1 aliphatic carbocycles. The van der Waals surface area contributed by atoms with Crippen LogP contribution in [0.15, 0.2) is 48.5 Å². The van der Waals surface area contributed by atoms with Gasteiger partial charge >= 0.3 is 0 Å². The summed E-state index contributed by atoms with van der Waals surface area (Å²) in [5, 5.41) is 0. The van der Waals surface area contributed by atoms with Gasteiger partial charge in [-0.05, 0) is 55.1 Å². The summed E-state index contributed by atoms with van der Waals surface area (Å²) in [6.45, 7) is 3.80. The highest BCUT2D eigenvalue weighted by Crippen LogP contribution is 2.36. The number of likely N-dealkylation sites (N-methyl/N-ethyl adjacent to an activating group) is 1. The molecule has 0 bridgehead atoms. The van der Waals surface area contributed by atoms with Gasteiger partial charge in [-0.25, -0.2) is 0 Å². The van der Waals surface area contributed by atoms with Gasteiger partial charge in [0.15, 0.2) is 0 Å². The summed E-state index contributed by atoms with van der Waals surface area (Å²) < 4.78 is 0. The van der Waals surface area contributed by atoms with Gasteiger partial charge in [-0.3, -0.25) is 4.79 Å². The summed E-state index contributed by atoms with van der Waals surface area (Å²) in [7, 11) is 2.14. The van der Waals surface area contributed by atoms with E-state index in [0.29, 0.717) is 12.3 Å². The predicted molar refractivity (Wildman–Crippen MR) is 105 cm³/mol. The molecule has 1 fully saturated rings. The van der Waals surface area contributed by atoms with E-state index in [0.717, 1.165) is 45.4 Å². The Labute approximate surface area is 156 Å². The normalized spacial score (nSPS) is 18.6. The van der Waals surface area contributed by atoms with Crippen molar-refractivity contribution >= 4 is 5.91 Å². The summed E-state index contributed by atoms with van der Waals surface area (Å²) >= 11 is 0. The summed E-state index contributed by atoms with van der Waals surface area (Å²) in [4.78, 5) is 17.6. The second kappa shape index (κ2) is 7.63. The second-order valence-electron chi connectivity index (χ2n) is 7.69. The number of fused-ring (bicyclic) bond motifs is 2. The molecule has 3 nitrogen and oxygen atoms in total. The molecule has 26 heavy (non-hydrogen) atoms. The van der Waals surface area contributed by atoms with Crippen molar-refractivity contribution in [3.05, 3.63) is 70.8 Å². The van der Waals surface area contributed by atoms with Crippen LogP contribution in [0, 0.1) is 0 Å². The van der Waals surface area contributed by atoms with Crippen LogP contribution in [0.5, 0.6) is 0 Å². The fraction of sp³-hybridized carbons (Fsp3) is 0.435. The highest BCUT2D eigenvalue weighted by molar-refractivity contribution is 5.78. The number of benzene rings is 2. The van der Waals surface area contributed by atoms with Gasteiger partial charge in [0.1, 0.15) is 0 Å². The largest absolute Gasteiger partial charge is 0.341 e. The van der Waals surface area contributed by atoms with Gasteiger partial charge in [-0.1, -0.05) is 48.5 Å². The van der Waals surface area contributed by atoms with Crippen LogP contribution < -0.4 is 0 Å². The van der Waals surface area contributed by atoms with Crippen molar-refractivity contribution in [1.29, 1.82) is 0 Å². The Morgan fingerprint density at radius 2 is 1.50 bits per heavy atom. The molecule has 0 spiro atoms. The average molecular weight is 348 g/mol. The molecular weight excluding hydrogens is 320 g/mol. The molecule has 0 atom stereocenters. The van der Waals surface area contributed by atoms with Crippen molar-refractivity contribution in [2.45, 2.75) is 31.6 Å². The minimum absolute atomic E-state index is 0.179. The minimum atomic E-state index is 0.179. The standard InChI is InChI=1S/C23H28N2O/c1-24-13-6-14-25(16-15-24)23(26)17-22-20-9-4-2-7-18(20)11-12-19-8-3-5-10-21(19)22/h2-5,7-10,22H,6,11-17H2,1H3. The molecule has 0 radical (unpaired) electrons. The zero-order chi connectivity index (χ0) is 17.9. The summed E-state index contributed by atoms with van der Waals surface area (Å²) in [6, 6.07) is 17.4. The fourth-order valence-corrected chi connectivity index (χ4v) is 4.46. The van der Waals surface area contributed by atoms with E-state index in [-0.39, 0.29) is 5.92 Å². The number of rotatable bonds is 2. The van der Waals surface area contributed by atoms with E-state index in [4.69, 9.17) is 0 Å². The Morgan fingerprint density at radius 3 is 2.15 bits per heavy atom. The van der Waals surface area contributed by atoms with Crippen LogP contribution >= 0.6 is 0 Å². The molecule has 0 N–H and O–H groups in total. The van der Waals surface area contributed by atoms with E-state index in [1.807, 2.05) is 0 Å². The van der Waals surface area contributed by atoms with Gasteiger partial charge in [-0.2, -0.15) is 0 Å². The minimum Gasteiger partial charge on any atom is -0.341 e. The molecule has 2 aromatic carbocycles. The number of carbonyl (C=O) groups excluding carboxylic acids is 1. The maximum Gasteiger partial charge on any atom is 0.223 e. The fourth-order valence-electron chi connectivity index (χ4n) is 4.46. The van der Waals surface area contributed by atoms with E-state index in [2.05, 4.69) is 65.4 Å². The number of hydrogen-bond donors (Lipinski definition) is 0. The molecule has 1 saturated heterocycles. The van der Waals surface area contributed by atoms with E-state index in [9.17, 15) is 4.79 Å². The smallest absolute Gasteiger partial charge is 0.223 e. The Kier molecular flexibility index (Phi) is 5.07. The van der Waals surface area contributed by atoms with Crippen molar-refractivity contribution < 1.29 is 4.79 Å². The van der Waals surface area contributed by atoms with E-state index < -0.39 is 0 Å². The summed E-state index contributed by atoms with van der Waals surface area (Å²) in [5.74, 6) is 0.482. The van der Waals surface area contributed by atoms with Crippen LogP contribution in [-0.4, -0.2) is 48.9 Å². The monoisotopic (exact) mass is 348 g/mol. The van der Waals surface area contributed by atoms with Gasteiger partial charge in [0.05, 0.1) is 0 Å². The van der Waals surface area contributed by atoms with Gasteiger partial charge in [-0.15, -0.1) is 0 Å². The zero-order valence-corrected chi connectivity index (χ0v) is 15.7. The lowest BCUT2D eigenvalue weighted by Crippen LogP contribution is -2.35. The number of amides is 1. The number of nitrogens with zero attached hydrogens (tertiary/aromatic N) is 2. The molecule has 1 heterocycles. The third kappa shape index (κ3) is 3.54. The Morgan fingerprint density at radius 1 is 0.885 bits per heavy atom. The number of hydrogen-bond acceptors (Lipinski definition) is 2. The highest BCUT2D eigenvalue weighted by Gasteiger charge is 2.27. The predicted octanol–water partition coefficient (Wildman–Crippen LogP) is 3.47. The lowest BCUT2D eigenvalue weighted by atomic mass is 9.85. The molecule has 0 aromatic heterocycles. The third-order valence-electron chi connectivity index (χ3n) is 5.98. The molecule has 4 rings (SSSR count). The third-order valence-corrected chi connectivity index (χ3v) is 5.98. The maximum atomic E-state index is 13.2. The maximum absolute atomic E-state index is 13.2. The molecule has 0 saturated carbocycles. The lowest BCUT2D eigenvalue weighted by Gasteiger charge is -2.25. The molecule has 2 aromatic rings. The molecule has 1 aliphatic heterocycles. The molecule has 0 unspecified atom stereocenters. The van der Waals surface area contributed by atoms with Gasteiger partial charge in [0.2, 0.25) is 5.91 Å². The van der Waals surface area contributed by atoms with Crippen LogP contribution in [-0.2, 0) is 17.6 Å². The quantitative estimate of drug-likeness (QED) is 0.830. The Balaban J connectivity index is 1.63. The second-order valence-corrected chi connectivity index (χ2v) is 7.69. The van der Waals surface area contributed by atoms with Crippen molar-refractivity contribution in [2.75, 3.05) is 33.2 Å². The number of carbonyl (C=O) groups is 1. The van der Waals surface area contributed by atoms with Gasteiger partial charge in [0.25, 0.3) is 0 Å². The van der Waals surface area contributed by atoms with Crippen molar-refractivity contribution in [3.8, 4) is 0 Å².